The van der Waals surface area contributed by atoms with Gasteiger partial charge in [0.1, 0.15) is 10.7 Å². The van der Waals surface area contributed by atoms with E-state index in [2.05, 4.69) is 15.3 Å². The normalized spacial score (nSPS) is 14.3. The fraction of sp³-hybridized carbons (Fsp3) is 0.438. The molecular formula is C16H18ClN3O2S. The smallest absolute Gasteiger partial charge is 0.259 e. The lowest BCUT2D eigenvalue weighted by Crippen LogP contribution is -2.24. The van der Waals surface area contributed by atoms with Crippen molar-refractivity contribution in [1.29, 1.82) is 0 Å². The molecule has 0 fully saturated rings. The van der Waals surface area contributed by atoms with Crippen LogP contribution in [0.3, 0.4) is 0 Å². The number of aromatic amines is 1. The number of halogens is 1. The summed E-state index contributed by atoms with van der Waals surface area (Å²) in [7, 11) is 0. The number of aromatic nitrogens is 2. The Morgan fingerprint density at radius 3 is 3.04 bits per heavy atom. The molecule has 2 N–H and O–H groups in total. The first kappa shape index (κ1) is 16.2. The van der Waals surface area contributed by atoms with Crippen LogP contribution in [0.25, 0.3) is 10.2 Å². The van der Waals surface area contributed by atoms with Gasteiger partial charge in [-0.2, -0.15) is 0 Å². The van der Waals surface area contributed by atoms with E-state index in [1.807, 2.05) is 0 Å². The Labute approximate surface area is 142 Å². The van der Waals surface area contributed by atoms with Gasteiger partial charge in [0.05, 0.1) is 5.39 Å². The van der Waals surface area contributed by atoms with Crippen LogP contribution < -0.4 is 10.9 Å². The second-order valence-electron chi connectivity index (χ2n) is 5.57. The standard InChI is InChI=1S/C16H18ClN3O2S/c17-8-3-9-18-13(21)7-6-12-19-15(22)14-10-4-1-2-5-11(10)23-16(14)20-12/h3,8H,1-2,4-7,9H2,(H,18,21)(H,19,20,22)/b8-3+. The minimum atomic E-state index is -0.0898. The second-order valence-corrected chi connectivity index (χ2v) is 6.91. The van der Waals surface area contributed by atoms with Crippen LogP contribution in [0.5, 0.6) is 0 Å². The number of nitrogens with one attached hydrogen (secondary N) is 2. The molecule has 2 heterocycles. The average Bonchev–Trinajstić information content (AvgIpc) is 2.92. The maximum atomic E-state index is 12.4. The van der Waals surface area contributed by atoms with Gasteiger partial charge in [-0.05, 0) is 31.2 Å². The number of hydrogen-bond donors (Lipinski definition) is 2. The Kier molecular flexibility index (Phi) is 5.13. The highest BCUT2D eigenvalue weighted by atomic mass is 35.5. The van der Waals surface area contributed by atoms with Crippen LogP contribution in [-0.2, 0) is 24.1 Å². The maximum absolute atomic E-state index is 12.4. The third kappa shape index (κ3) is 3.64. The first-order valence-corrected chi connectivity index (χ1v) is 8.99. The zero-order valence-electron chi connectivity index (χ0n) is 12.7. The number of H-pyrrole nitrogens is 1. The van der Waals surface area contributed by atoms with Crippen molar-refractivity contribution in [1.82, 2.24) is 15.3 Å². The lowest BCUT2D eigenvalue weighted by atomic mass is 9.97. The summed E-state index contributed by atoms with van der Waals surface area (Å²) in [4.78, 5) is 33.6. The summed E-state index contributed by atoms with van der Waals surface area (Å²) in [6, 6.07) is 0. The molecule has 2 aromatic rings. The predicted octanol–water partition coefficient (Wildman–Crippen LogP) is 2.66. The molecular weight excluding hydrogens is 334 g/mol. The summed E-state index contributed by atoms with van der Waals surface area (Å²) in [5.41, 5.74) is 2.48. The highest BCUT2D eigenvalue weighted by Gasteiger charge is 2.19. The van der Waals surface area contributed by atoms with Crippen molar-refractivity contribution < 1.29 is 4.79 Å². The van der Waals surface area contributed by atoms with Crippen molar-refractivity contribution in [2.24, 2.45) is 0 Å². The number of nitrogens with zero attached hydrogens (tertiary/aromatic N) is 1. The minimum Gasteiger partial charge on any atom is -0.353 e. The Balaban J connectivity index is 1.75. The zero-order chi connectivity index (χ0) is 16.2. The third-order valence-electron chi connectivity index (χ3n) is 3.97. The summed E-state index contributed by atoms with van der Waals surface area (Å²) in [5.74, 6) is 0.483. The van der Waals surface area contributed by atoms with Gasteiger partial charge in [0.15, 0.2) is 0 Å². The Morgan fingerprint density at radius 2 is 2.22 bits per heavy atom. The van der Waals surface area contributed by atoms with Gasteiger partial charge < -0.3 is 10.3 Å². The summed E-state index contributed by atoms with van der Waals surface area (Å²) >= 11 is 7.02. The van der Waals surface area contributed by atoms with Gasteiger partial charge in [-0.15, -0.1) is 11.3 Å². The van der Waals surface area contributed by atoms with Crippen molar-refractivity contribution in [2.45, 2.75) is 38.5 Å². The molecule has 0 unspecified atom stereocenters. The molecule has 0 aromatic carbocycles. The monoisotopic (exact) mass is 351 g/mol. The summed E-state index contributed by atoms with van der Waals surface area (Å²) in [6.45, 7) is 0.406. The molecule has 0 radical (unpaired) electrons. The van der Waals surface area contributed by atoms with E-state index >= 15 is 0 Å². The molecule has 0 atom stereocenters. The third-order valence-corrected chi connectivity index (χ3v) is 5.33. The highest BCUT2D eigenvalue weighted by molar-refractivity contribution is 7.18. The predicted molar refractivity (Wildman–Crippen MR) is 93.2 cm³/mol. The van der Waals surface area contributed by atoms with Gasteiger partial charge >= 0.3 is 0 Å². The van der Waals surface area contributed by atoms with Crippen molar-refractivity contribution in [3.63, 3.8) is 0 Å². The molecule has 0 aliphatic heterocycles. The van der Waals surface area contributed by atoms with E-state index < -0.39 is 0 Å². The number of carbonyl (C=O) groups is 1. The molecule has 0 saturated heterocycles. The number of carbonyl (C=O) groups excluding carboxylic acids is 1. The molecule has 1 aliphatic carbocycles. The Bertz CT molecular complexity index is 809. The molecule has 0 saturated carbocycles. The van der Waals surface area contributed by atoms with Gasteiger partial charge in [-0.25, -0.2) is 4.98 Å². The van der Waals surface area contributed by atoms with Crippen molar-refractivity contribution in [3.05, 3.63) is 38.2 Å². The van der Waals surface area contributed by atoms with Crippen molar-refractivity contribution in [3.8, 4) is 0 Å². The number of fused-ring (bicyclic) bond motifs is 3. The number of rotatable bonds is 5. The van der Waals surface area contributed by atoms with E-state index in [9.17, 15) is 9.59 Å². The van der Waals surface area contributed by atoms with Crippen molar-refractivity contribution in [2.75, 3.05) is 6.54 Å². The molecule has 0 spiro atoms. The highest BCUT2D eigenvalue weighted by Crippen LogP contribution is 2.33. The molecule has 0 bridgehead atoms. The molecule has 23 heavy (non-hydrogen) atoms. The lowest BCUT2D eigenvalue weighted by molar-refractivity contribution is -0.120. The zero-order valence-corrected chi connectivity index (χ0v) is 14.2. The summed E-state index contributed by atoms with van der Waals surface area (Å²) in [6.07, 6.45) is 6.69. The molecule has 1 amide bonds. The number of hydrogen-bond acceptors (Lipinski definition) is 4. The number of amides is 1. The lowest BCUT2D eigenvalue weighted by Gasteiger charge is -2.09. The van der Waals surface area contributed by atoms with Crippen LogP contribution in [0.1, 0.15) is 35.5 Å². The fourth-order valence-electron chi connectivity index (χ4n) is 2.86. The van der Waals surface area contributed by atoms with E-state index in [1.54, 1.807) is 17.4 Å². The van der Waals surface area contributed by atoms with E-state index in [4.69, 9.17) is 11.6 Å². The molecule has 122 valence electrons. The Hall–Kier alpha value is -1.66. The van der Waals surface area contributed by atoms with E-state index in [0.29, 0.717) is 18.8 Å². The van der Waals surface area contributed by atoms with E-state index in [0.717, 1.165) is 29.5 Å². The minimum absolute atomic E-state index is 0.0742. The SMILES string of the molecule is O=C(CCc1nc2sc3c(c2c(=O)[nH]1)CCCC3)NC/C=C/Cl. The maximum Gasteiger partial charge on any atom is 0.259 e. The summed E-state index contributed by atoms with van der Waals surface area (Å²) in [5, 5.41) is 3.47. The molecule has 1 aliphatic rings. The molecule has 7 heteroatoms. The van der Waals surface area contributed by atoms with Crippen LogP contribution >= 0.6 is 22.9 Å². The molecule has 5 nitrogen and oxygen atoms in total. The average molecular weight is 352 g/mol. The first-order valence-electron chi connectivity index (χ1n) is 7.74. The van der Waals surface area contributed by atoms with Gasteiger partial charge in [0.2, 0.25) is 5.91 Å². The summed E-state index contributed by atoms with van der Waals surface area (Å²) < 4.78 is 0. The Morgan fingerprint density at radius 1 is 1.39 bits per heavy atom. The van der Waals surface area contributed by atoms with Gasteiger partial charge in [-0.1, -0.05) is 17.7 Å². The van der Waals surface area contributed by atoms with Crippen LogP contribution in [0.2, 0.25) is 0 Å². The fourth-order valence-corrected chi connectivity index (χ4v) is 4.23. The van der Waals surface area contributed by atoms with Crippen LogP contribution in [0.4, 0.5) is 0 Å². The van der Waals surface area contributed by atoms with Gasteiger partial charge in [0, 0.05) is 29.8 Å². The first-order chi connectivity index (χ1) is 11.2. The van der Waals surface area contributed by atoms with Crippen LogP contribution in [0, 0.1) is 0 Å². The molecule has 2 aromatic heterocycles. The quantitative estimate of drug-likeness (QED) is 0.869. The largest absolute Gasteiger partial charge is 0.353 e. The second kappa shape index (κ2) is 7.27. The van der Waals surface area contributed by atoms with Gasteiger partial charge in [0.25, 0.3) is 5.56 Å². The number of aryl methyl sites for hydroxylation is 3. The van der Waals surface area contributed by atoms with Crippen molar-refractivity contribution >= 4 is 39.1 Å². The van der Waals surface area contributed by atoms with Crippen LogP contribution in [-0.4, -0.2) is 22.4 Å². The van der Waals surface area contributed by atoms with Gasteiger partial charge in [-0.3, -0.25) is 9.59 Å². The molecule has 3 rings (SSSR count). The topological polar surface area (TPSA) is 74.8 Å². The van der Waals surface area contributed by atoms with E-state index in [1.165, 1.54) is 22.4 Å². The number of thiophene rings is 1. The van der Waals surface area contributed by atoms with Crippen LogP contribution in [0.15, 0.2) is 16.4 Å². The van der Waals surface area contributed by atoms with E-state index in [-0.39, 0.29) is 17.9 Å².